The minimum Gasteiger partial charge on any atom is -0.492 e. The maximum Gasteiger partial charge on any atom is 0.334 e. The van der Waals surface area contributed by atoms with Crippen LogP contribution in [0, 0.1) is 0 Å². The highest BCUT2D eigenvalue weighted by molar-refractivity contribution is 6.32. The lowest BCUT2D eigenvalue weighted by Crippen LogP contribution is -2.48. The molecule has 1 N–H and O–H groups in total. The van der Waals surface area contributed by atoms with E-state index in [4.69, 9.17) is 26.2 Å². The van der Waals surface area contributed by atoms with Gasteiger partial charge in [-0.3, -0.25) is 4.79 Å². The Labute approximate surface area is 133 Å². The molecule has 1 unspecified atom stereocenters. The van der Waals surface area contributed by atoms with Crippen molar-refractivity contribution in [2.45, 2.75) is 18.9 Å². The molecule has 6 nitrogen and oxygen atoms in total. The second kappa shape index (κ2) is 8.00. The third-order valence-electron chi connectivity index (χ3n) is 3.32. The molecule has 1 fully saturated rings. The molecule has 2 rings (SSSR count). The number of halogens is 1. The number of ether oxygens (including phenoxy) is 2. The van der Waals surface area contributed by atoms with Crippen molar-refractivity contribution >= 4 is 23.5 Å². The third kappa shape index (κ3) is 4.61. The van der Waals surface area contributed by atoms with Gasteiger partial charge in [-0.15, -0.1) is 0 Å². The Morgan fingerprint density at radius 3 is 2.91 bits per heavy atom. The summed E-state index contributed by atoms with van der Waals surface area (Å²) < 4.78 is 10.6. The van der Waals surface area contributed by atoms with E-state index in [-0.39, 0.29) is 19.1 Å². The van der Waals surface area contributed by atoms with Crippen LogP contribution in [0.2, 0.25) is 5.02 Å². The SMILES string of the molecule is O=C(O)C1CN(C(=O)CCCOc2ccccc2Cl)CCO1. The molecular formula is C15H18ClNO5. The lowest BCUT2D eigenvalue weighted by atomic mass is 10.2. The molecule has 0 aromatic heterocycles. The van der Waals surface area contributed by atoms with Crippen LogP contribution < -0.4 is 4.74 Å². The van der Waals surface area contributed by atoms with Gasteiger partial charge in [0.1, 0.15) is 5.75 Å². The summed E-state index contributed by atoms with van der Waals surface area (Å²) in [5.74, 6) is -0.536. The van der Waals surface area contributed by atoms with E-state index < -0.39 is 12.1 Å². The van der Waals surface area contributed by atoms with Gasteiger partial charge in [-0.2, -0.15) is 0 Å². The van der Waals surface area contributed by atoms with Gasteiger partial charge in [-0.1, -0.05) is 23.7 Å². The molecule has 1 amide bonds. The third-order valence-corrected chi connectivity index (χ3v) is 3.64. The zero-order valence-corrected chi connectivity index (χ0v) is 12.8. The number of carbonyl (C=O) groups excluding carboxylic acids is 1. The molecule has 120 valence electrons. The second-order valence-electron chi connectivity index (χ2n) is 4.92. The Balaban J connectivity index is 1.71. The highest BCUT2D eigenvalue weighted by atomic mass is 35.5. The maximum absolute atomic E-state index is 12.0. The molecule has 1 aromatic carbocycles. The van der Waals surface area contributed by atoms with E-state index in [0.29, 0.717) is 36.8 Å². The van der Waals surface area contributed by atoms with Crippen molar-refractivity contribution in [2.24, 2.45) is 0 Å². The molecule has 0 radical (unpaired) electrons. The zero-order chi connectivity index (χ0) is 15.9. The summed E-state index contributed by atoms with van der Waals surface area (Å²) in [6, 6.07) is 7.15. The number of carboxylic acid groups (broad SMARTS) is 1. The molecule has 0 spiro atoms. The van der Waals surface area contributed by atoms with Crippen LogP contribution in [0.15, 0.2) is 24.3 Å². The smallest absolute Gasteiger partial charge is 0.334 e. The highest BCUT2D eigenvalue weighted by Crippen LogP contribution is 2.23. The van der Waals surface area contributed by atoms with Crippen LogP contribution in [0.3, 0.4) is 0 Å². The Hall–Kier alpha value is -1.79. The number of morpholine rings is 1. The van der Waals surface area contributed by atoms with E-state index >= 15 is 0 Å². The van der Waals surface area contributed by atoms with Crippen LogP contribution in [0.25, 0.3) is 0 Å². The normalized spacial score (nSPS) is 18.0. The van der Waals surface area contributed by atoms with E-state index in [1.807, 2.05) is 12.1 Å². The fraction of sp³-hybridized carbons (Fsp3) is 0.467. The van der Waals surface area contributed by atoms with E-state index in [9.17, 15) is 9.59 Å². The first kappa shape index (κ1) is 16.6. The van der Waals surface area contributed by atoms with E-state index in [2.05, 4.69) is 0 Å². The highest BCUT2D eigenvalue weighted by Gasteiger charge is 2.28. The summed E-state index contributed by atoms with van der Waals surface area (Å²) in [6.45, 7) is 1.15. The van der Waals surface area contributed by atoms with Crippen LogP contribution in [-0.4, -0.2) is 54.3 Å². The van der Waals surface area contributed by atoms with Crippen LogP contribution in [0.4, 0.5) is 0 Å². The fourth-order valence-electron chi connectivity index (χ4n) is 2.15. The van der Waals surface area contributed by atoms with Crippen molar-refractivity contribution in [3.8, 4) is 5.75 Å². The van der Waals surface area contributed by atoms with E-state index in [1.165, 1.54) is 4.90 Å². The van der Waals surface area contributed by atoms with Crippen molar-refractivity contribution in [3.63, 3.8) is 0 Å². The first-order valence-electron chi connectivity index (χ1n) is 7.07. The van der Waals surface area contributed by atoms with Gasteiger partial charge in [0, 0.05) is 13.0 Å². The number of hydrogen-bond donors (Lipinski definition) is 1. The van der Waals surface area contributed by atoms with Crippen LogP contribution in [-0.2, 0) is 14.3 Å². The van der Waals surface area contributed by atoms with Gasteiger partial charge in [0.05, 0.1) is 24.8 Å². The largest absolute Gasteiger partial charge is 0.492 e. The van der Waals surface area contributed by atoms with Crippen LogP contribution >= 0.6 is 11.6 Å². The summed E-state index contributed by atoms with van der Waals surface area (Å²) in [5, 5.41) is 9.44. The number of rotatable bonds is 6. The van der Waals surface area contributed by atoms with Gasteiger partial charge in [-0.05, 0) is 18.6 Å². The summed E-state index contributed by atoms with van der Waals surface area (Å²) in [4.78, 5) is 24.4. The number of carboxylic acids is 1. The first-order valence-corrected chi connectivity index (χ1v) is 7.45. The maximum atomic E-state index is 12.0. The van der Waals surface area contributed by atoms with Crippen molar-refractivity contribution in [2.75, 3.05) is 26.3 Å². The average Bonchev–Trinajstić information content (AvgIpc) is 2.53. The number of benzene rings is 1. The Bertz CT molecular complexity index is 536. The molecule has 1 aromatic rings. The topological polar surface area (TPSA) is 76.1 Å². The van der Waals surface area contributed by atoms with Crippen LogP contribution in [0.5, 0.6) is 5.75 Å². The Kier molecular flexibility index (Phi) is 6.03. The number of amides is 1. The van der Waals surface area contributed by atoms with Gasteiger partial charge >= 0.3 is 5.97 Å². The minimum atomic E-state index is -1.04. The monoisotopic (exact) mass is 327 g/mol. The summed E-state index contributed by atoms with van der Waals surface area (Å²) >= 11 is 5.96. The number of nitrogens with zero attached hydrogens (tertiary/aromatic N) is 1. The molecule has 1 saturated heterocycles. The van der Waals surface area contributed by atoms with E-state index in [0.717, 1.165) is 0 Å². The summed E-state index contributed by atoms with van der Waals surface area (Å²) in [6.07, 6.45) is -0.0901. The molecular weight excluding hydrogens is 310 g/mol. The zero-order valence-electron chi connectivity index (χ0n) is 12.0. The van der Waals surface area contributed by atoms with Gasteiger partial charge in [0.15, 0.2) is 6.10 Å². The quantitative estimate of drug-likeness (QED) is 0.806. The molecule has 7 heteroatoms. The van der Waals surface area contributed by atoms with E-state index in [1.54, 1.807) is 12.1 Å². The first-order chi connectivity index (χ1) is 10.6. The lowest BCUT2D eigenvalue weighted by Gasteiger charge is -2.30. The standard InChI is InChI=1S/C15H18ClNO5/c16-11-4-1-2-5-12(11)21-8-3-6-14(18)17-7-9-22-13(10-17)15(19)20/h1-2,4-5,13H,3,6-10H2,(H,19,20). The minimum absolute atomic E-state index is 0.0858. The molecule has 1 heterocycles. The van der Waals surface area contributed by atoms with Crippen molar-refractivity contribution < 1.29 is 24.2 Å². The fourth-order valence-corrected chi connectivity index (χ4v) is 2.34. The van der Waals surface area contributed by atoms with Crippen LogP contribution in [0.1, 0.15) is 12.8 Å². The predicted molar refractivity (Wildman–Crippen MR) is 80.1 cm³/mol. The van der Waals surface area contributed by atoms with Gasteiger partial charge in [0.25, 0.3) is 0 Å². The number of hydrogen-bond acceptors (Lipinski definition) is 4. The summed E-state index contributed by atoms with van der Waals surface area (Å²) in [7, 11) is 0. The predicted octanol–water partition coefficient (Wildman–Crippen LogP) is 1.81. The summed E-state index contributed by atoms with van der Waals surface area (Å²) in [5.41, 5.74) is 0. The average molecular weight is 328 g/mol. The molecule has 22 heavy (non-hydrogen) atoms. The van der Waals surface area contributed by atoms with Gasteiger partial charge in [0.2, 0.25) is 5.91 Å². The molecule has 0 saturated carbocycles. The molecule has 1 aliphatic rings. The second-order valence-corrected chi connectivity index (χ2v) is 5.33. The Morgan fingerprint density at radius 2 is 2.18 bits per heavy atom. The van der Waals surface area contributed by atoms with Gasteiger partial charge < -0.3 is 19.5 Å². The van der Waals surface area contributed by atoms with Crippen molar-refractivity contribution in [1.82, 2.24) is 4.90 Å². The lowest BCUT2D eigenvalue weighted by molar-refractivity contribution is -0.159. The number of aliphatic carboxylic acids is 1. The van der Waals surface area contributed by atoms with Crippen molar-refractivity contribution in [1.29, 1.82) is 0 Å². The van der Waals surface area contributed by atoms with Crippen molar-refractivity contribution in [3.05, 3.63) is 29.3 Å². The number of para-hydroxylation sites is 1. The molecule has 0 bridgehead atoms. The molecule has 1 atom stereocenters. The molecule has 0 aliphatic carbocycles. The Morgan fingerprint density at radius 1 is 1.41 bits per heavy atom. The van der Waals surface area contributed by atoms with Gasteiger partial charge in [-0.25, -0.2) is 4.79 Å². The molecule has 1 aliphatic heterocycles. The number of carbonyl (C=O) groups is 2.